The van der Waals surface area contributed by atoms with Crippen LogP contribution in [-0.4, -0.2) is 16.9 Å². The third kappa shape index (κ3) is 3.64. The number of nitrogens with one attached hydrogen (secondary N) is 1. The van der Waals surface area contributed by atoms with Gasteiger partial charge in [-0.15, -0.1) is 0 Å². The van der Waals surface area contributed by atoms with Gasteiger partial charge in [0, 0.05) is 6.04 Å². The van der Waals surface area contributed by atoms with Gasteiger partial charge in [-0.1, -0.05) is 30.8 Å². The lowest BCUT2D eigenvalue weighted by molar-refractivity contribution is 0.0910. The van der Waals surface area contributed by atoms with E-state index in [1.807, 2.05) is 45.0 Å². The minimum absolute atomic E-state index is 0.128. The number of benzene rings is 1. The number of fused-ring (bicyclic) bond motifs is 1. The number of carbonyl (C=O) groups excluding carboxylic acids is 1. The van der Waals surface area contributed by atoms with Crippen LogP contribution < -0.4 is 5.32 Å². The molecule has 5 nitrogen and oxygen atoms in total. The molecule has 2 heterocycles. The molecule has 6 heteroatoms. The van der Waals surface area contributed by atoms with E-state index in [2.05, 4.69) is 10.3 Å². The molecule has 24 heavy (non-hydrogen) atoms. The standard InChI is InChI=1S/C18H20N2O3S/c1-4-12(3)19-17(21)15-9-8-13(22-15)10-24-18-20-16-11(2)6-5-7-14(16)23-18/h5-9,12H,4,10H2,1-3H3,(H,19,21). The average Bonchev–Trinajstić information content (AvgIpc) is 3.20. The molecule has 0 spiro atoms. The maximum Gasteiger partial charge on any atom is 0.287 e. The van der Waals surface area contributed by atoms with Gasteiger partial charge >= 0.3 is 0 Å². The molecular weight excluding hydrogens is 324 g/mol. The minimum Gasteiger partial charge on any atom is -0.455 e. The predicted molar refractivity (Wildman–Crippen MR) is 94.2 cm³/mol. The lowest BCUT2D eigenvalue weighted by atomic mass is 10.2. The number of nitrogens with zero attached hydrogens (tertiary/aromatic N) is 1. The Labute approximate surface area is 144 Å². The van der Waals surface area contributed by atoms with E-state index in [4.69, 9.17) is 8.83 Å². The molecule has 0 aliphatic carbocycles. The van der Waals surface area contributed by atoms with Gasteiger partial charge in [0.05, 0.1) is 5.75 Å². The molecule has 126 valence electrons. The van der Waals surface area contributed by atoms with E-state index in [-0.39, 0.29) is 11.9 Å². The molecule has 2 aromatic heterocycles. The van der Waals surface area contributed by atoms with Crippen molar-refractivity contribution in [3.8, 4) is 0 Å². The number of amides is 1. The van der Waals surface area contributed by atoms with Crippen molar-refractivity contribution in [2.75, 3.05) is 0 Å². The number of carbonyl (C=O) groups is 1. The number of aryl methyl sites for hydroxylation is 1. The van der Waals surface area contributed by atoms with E-state index >= 15 is 0 Å². The molecule has 0 fully saturated rings. The molecule has 0 bridgehead atoms. The van der Waals surface area contributed by atoms with Crippen LogP contribution >= 0.6 is 11.8 Å². The number of hydrogen-bond acceptors (Lipinski definition) is 5. The summed E-state index contributed by atoms with van der Waals surface area (Å²) in [7, 11) is 0. The molecule has 3 rings (SSSR count). The number of furan rings is 1. The van der Waals surface area contributed by atoms with Crippen LogP contribution in [0.4, 0.5) is 0 Å². The van der Waals surface area contributed by atoms with Gasteiger partial charge in [0.2, 0.25) is 0 Å². The van der Waals surface area contributed by atoms with Crippen LogP contribution in [0.1, 0.15) is 42.1 Å². The highest BCUT2D eigenvalue weighted by atomic mass is 32.2. The Morgan fingerprint density at radius 2 is 2.12 bits per heavy atom. The van der Waals surface area contributed by atoms with Crippen molar-refractivity contribution in [2.45, 2.75) is 44.2 Å². The second-order valence-electron chi connectivity index (χ2n) is 5.74. The Hall–Kier alpha value is -2.21. The fraction of sp³-hybridized carbons (Fsp3) is 0.333. The Balaban J connectivity index is 1.64. The number of thioether (sulfide) groups is 1. The van der Waals surface area contributed by atoms with Gasteiger partial charge in [-0.3, -0.25) is 4.79 Å². The first-order chi connectivity index (χ1) is 11.6. The maximum atomic E-state index is 12.0. The summed E-state index contributed by atoms with van der Waals surface area (Å²) in [6.45, 7) is 6.00. The van der Waals surface area contributed by atoms with Crippen molar-refractivity contribution in [2.24, 2.45) is 0 Å². The zero-order valence-corrected chi connectivity index (χ0v) is 14.8. The van der Waals surface area contributed by atoms with Gasteiger partial charge < -0.3 is 14.2 Å². The number of hydrogen-bond donors (Lipinski definition) is 1. The summed E-state index contributed by atoms with van der Waals surface area (Å²) in [4.78, 5) is 16.5. The summed E-state index contributed by atoms with van der Waals surface area (Å²) < 4.78 is 11.3. The Bertz CT molecular complexity index is 853. The minimum atomic E-state index is -0.182. The molecule has 0 saturated heterocycles. The lowest BCUT2D eigenvalue weighted by Crippen LogP contribution is -2.31. The second kappa shape index (κ2) is 7.13. The highest BCUT2D eigenvalue weighted by Crippen LogP contribution is 2.28. The molecule has 0 aliphatic rings. The van der Waals surface area contributed by atoms with Crippen LogP contribution in [0.25, 0.3) is 11.1 Å². The van der Waals surface area contributed by atoms with E-state index in [0.717, 1.165) is 23.1 Å². The Kier molecular flexibility index (Phi) is 4.94. The van der Waals surface area contributed by atoms with Crippen LogP contribution in [0, 0.1) is 6.92 Å². The van der Waals surface area contributed by atoms with Crippen molar-refractivity contribution in [1.82, 2.24) is 10.3 Å². The normalized spacial score (nSPS) is 12.5. The van der Waals surface area contributed by atoms with Gasteiger partial charge in [0.15, 0.2) is 11.3 Å². The summed E-state index contributed by atoms with van der Waals surface area (Å²) in [6, 6.07) is 9.50. The lowest BCUT2D eigenvalue weighted by Gasteiger charge is -2.09. The number of rotatable bonds is 6. The first-order valence-corrected chi connectivity index (χ1v) is 8.94. The first kappa shape index (κ1) is 16.6. The molecule has 1 unspecified atom stereocenters. The van der Waals surface area contributed by atoms with Gasteiger partial charge in [-0.25, -0.2) is 4.98 Å². The fourth-order valence-corrected chi connectivity index (χ4v) is 2.96. The fourth-order valence-electron chi connectivity index (χ4n) is 2.23. The molecule has 0 saturated carbocycles. The monoisotopic (exact) mass is 344 g/mol. The van der Waals surface area contributed by atoms with Crippen molar-refractivity contribution < 1.29 is 13.6 Å². The first-order valence-electron chi connectivity index (χ1n) is 7.95. The summed E-state index contributed by atoms with van der Waals surface area (Å²) in [5.74, 6) is 1.42. The van der Waals surface area contributed by atoms with Crippen LogP contribution in [0.15, 0.2) is 44.4 Å². The van der Waals surface area contributed by atoms with Crippen LogP contribution in [0.2, 0.25) is 0 Å². The van der Waals surface area contributed by atoms with E-state index in [0.29, 0.717) is 22.5 Å². The summed E-state index contributed by atoms with van der Waals surface area (Å²) in [5, 5.41) is 3.49. The molecule has 1 aromatic carbocycles. The summed E-state index contributed by atoms with van der Waals surface area (Å²) in [5.41, 5.74) is 2.75. The zero-order chi connectivity index (χ0) is 17.1. The smallest absolute Gasteiger partial charge is 0.287 e. The van der Waals surface area contributed by atoms with E-state index < -0.39 is 0 Å². The quantitative estimate of drug-likeness (QED) is 0.664. The third-order valence-electron chi connectivity index (χ3n) is 3.81. The Morgan fingerprint density at radius 1 is 1.29 bits per heavy atom. The molecule has 1 N–H and O–H groups in total. The Morgan fingerprint density at radius 3 is 2.88 bits per heavy atom. The molecule has 1 atom stereocenters. The number of aromatic nitrogens is 1. The van der Waals surface area contributed by atoms with Crippen molar-refractivity contribution in [3.63, 3.8) is 0 Å². The van der Waals surface area contributed by atoms with Gasteiger partial charge in [-0.2, -0.15) is 0 Å². The zero-order valence-electron chi connectivity index (χ0n) is 14.0. The van der Waals surface area contributed by atoms with E-state index in [1.54, 1.807) is 6.07 Å². The number of para-hydroxylation sites is 1. The van der Waals surface area contributed by atoms with E-state index in [9.17, 15) is 4.79 Å². The average molecular weight is 344 g/mol. The van der Waals surface area contributed by atoms with Crippen molar-refractivity contribution >= 4 is 28.8 Å². The van der Waals surface area contributed by atoms with Gasteiger partial charge in [-0.05, 0) is 44.0 Å². The summed E-state index contributed by atoms with van der Waals surface area (Å²) >= 11 is 1.45. The van der Waals surface area contributed by atoms with E-state index in [1.165, 1.54) is 11.8 Å². The van der Waals surface area contributed by atoms with Gasteiger partial charge in [0.25, 0.3) is 11.1 Å². The summed E-state index contributed by atoms with van der Waals surface area (Å²) in [6.07, 6.45) is 0.881. The topological polar surface area (TPSA) is 68.3 Å². The van der Waals surface area contributed by atoms with Crippen molar-refractivity contribution in [3.05, 3.63) is 47.4 Å². The molecule has 3 aromatic rings. The molecule has 0 aliphatic heterocycles. The largest absolute Gasteiger partial charge is 0.455 e. The molecular formula is C18H20N2O3S. The molecule has 1 amide bonds. The second-order valence-corrected chi connectivity index (χ2v) is 6.67. The van der Waals surface area contributed by atoms with Crippen molar-refractivity contribution in [1.29, 1.82) is 0 Å². The van der Waals surface area contributed by atoms with Crippen LogP contribution in [-0.2, 0) is 5.75 Å². The van der Waals surface area contributed by atoms with Gasteiger partial charge in [0.1, 0.15) is 11.3 Å². The third-order valence-corrected chi connectivity index (χ3v) is 4.66. The van der Waals surface area contributed by atoms with Crippen LogP contribution in [0.3, 0.4) is 0 Å². The maximum absolute atomic E-state index is 12.0. The van der Waals surface area contributed by atoms with Crippen LogP contribution in [0.5, 0.6) is 0 Å². The highest BCUT2D eigenvalue weighted by Gasteiger charge is 2.14. The number of oxazole rings is 1. The SMILES string of the molecule is CCC(C)NC(=O)c1ccc(CSc2nc3c(C)cccc3o2)o1. The highest BCUT2D eigenvalue weighted by molar-refractivity contribution is 7.98. The predicted octanol–water partition coefficient (Wildman–Crippen LogP) is 4.55. The molecule has 0 radical (unpaired) electrons.